The molecular formula is C17H25N3O2. The van der Waals surface area contributed by atoms with Crippen molar-refractivity contribution < 1.29 is 9.53 Å². The first-order valence-electron chi connectivity index (χ1n) is 8.59. The maximum Gasteiger partial charge on any atom is 0.237 e. The van der Waals surface area contributed by atoms with Crippen molar-refractivity contribution in [1.29, 1.82) is 5.26 Å². The smallest absolute Gasteiger partial charge is 0.237 e. The average molecular weight is 303 g/mol. The fourth-order valence-electron chi connectivity index (χ4n) is 5.89. The predicted molar refractivity (Wildman–Crippen MR) is 80.9 cm³/mol. The van der Waals surface area contributed by atoms with Crippen LogP contribution in [0.2, 0.25) is 0 Å². The summed E-state index contributed by atoms with van der Waals surface area (Å²) in [6.07, 6.45) is 7.64. The van der Waals surface area contributed by atoms with Crippen molar-refractivity contribution >= 4 is 5.91 Å². The Kier molecular flexibility index (Phi) is 3.25. The zero-order chi connectivity index (χ0) is 15.4. The maximum atomic E-state index is 12.5. The van der Waals surface area contributed by atoms with Gasteiger partial charge in [0.05, 0.1) is 18.2 Å². The molecule has 5 heteroatoms. The van der Waals surface area contributed by atoms with Crippen molar-refractivity contribution in [3.8, 4) is 6.07 Å². The molecule has 1 N–H and O–H groups in total. The van der Waals surface area contributed by atoms with Crippen molar-refractivity contribution in [3.05, 3.63) is 0 Å². The van der Waals surface area contributed by atoms with E-state index in [0.29, 0.717) is 12.5 Å². The number of methoxy groups -OCH3 is 1. The molecule has 1 aliphatic heterocycles. The largest absolute Gasteiger partial charge is 0.378 e. The van der Waals surface area contributed by atoms with Crippen LogP contribution in [0.5, 0.6) is 0 Å². The van der Waals surface area contributed by atoms with Crippen molar-refractivity contribution in [1.82, 2.24) is 10.2 Å². The van der Waals surface area contributed by atoms with Gasteiger partial charge in [0.15, 0.2) is 0 Å². The number of carbonyl (C=O) groups excluding carboxylic acids is 1. The van der Waals surface area contributed by atoms with E-state index in [1.54, 1.807) is 4.90 Å². The second kappa shape index (κ2) is 4.94. The zero-order valence-electron chi connectivity index (χ0n) is 13.3. The molecule has 5 aliphatic rings. The second-order valence-corrected chi connectivity index (χ2v) is 7.86. The summed E-state index contributed by atoms with van der Waals surface area (Å²) in [5.74, 6) is 1.51. The normalized spacial score (nSPS) is 45.5. The fourth-order valence-corrected chi connectivity index (χ4v) is 5.89. The number of rotatable bonds is 4. The molecule has 1 heterocycles. The molecule has 1 saturated heterocycles. The molecule has 0 aromatic rings. The van der Waals surface area contributed by atoms with Crippen LogP contribution in [0.3, 0.4) is 0 Å². The van der Waals surface area contributed by atoms with E-state index in [9.17, 15) is 4.79 Å². The summed E-state index contributed by atoms with van der Waals surface area (Å²) in [6.45, 7) is 1.11. The van der Waals surface area contributed by atoms with Gasteiger partial charge in [-0.2, -0.15) is 5.26 Å². The predicted octanol–water partition coefficient (Wildman–Crippen LogP) is 1.44. The van der Waals surface area contributed by atoms with Gasteiger partial charge in [-0.3, -0.25) is 4.79 Å². The van der Waals surface area contributed by atoms with E-state index in [1.165, 1.54) is 19.3 Å². The molecule has 4 unspecified atom stereocenters. The van der Waals surface area contributed by atoms with Gasteiger partial charge in [-0.25, -0.2) is 0 Å². The highest BCUT2D eigenvalue weighted by molar-refractivity contribution is 5.79. The zero-order valence-corrected chi connectivity index (χ0v) is 13.3. The molecule has 4 aliphatic carbocycles. The minimum Gasteiger partial charge on any atom is -0.378 e. The molecule has 5 fully saturated rings. The summed E-state index contributed by atoms with van der Waals surface area (Å²) in [6, 6.07) is 2.04. The van der Waals surface area contributed by atoms with E-state index in [4.69, 9.17) is 10.00 Å². The highest BCUT2D eigenvalue weighted by atomic mass is 16.5. The molecule has 4 bridgehead atoms. The number of nitrogens with one attached hydrogen (secondary N) is 1. The highest BCUT2D eigenvalue weighted by Gasteiger charge is 2.64. The first kappa shape index (κ1) is 14.5. The van der Waals surface area contributed by atoms with E-state index in [1.807, 2.05) is 7.11 Å². The van der Waals surface area contributed by atoms with Gasteiger partial charge in [0.1, 0.15) is 6.04 Å². The third kappa shape index (κ3) is 2.00. The average Bonchev–Trinajstić information content (AvgIpc) is 3.14. The highest BCUT2D eigenvalue weighted by Crippen LogP contribution is 2.63. The van der Waals surface area contributed by atoms with E-state index in [2.05, 4.69) is 11.4 Å². The first-order chi connectivity index (χ1) is 10.6. The Hall–Kier alpha value is -1.12. The lowest BCUT2D eigenvalue weighted by Gasteiger charge is -2.40. The van der Waals surface area contributed by atoms with Crippen LogP contribution in [0.1, 0.15) is 44.9 Å². The Bertz CT molecular complexity index is 530. The molecule has 5 rings (SSSR count). The SMILES string of the molecule is COC12CC3CC(C1)C(NCC(=O)N1CCC[C@H]1C#N)(C3)C2. The van der Waals surface area contributed by atoms with Crippen molar-refractivity contribution in [2.45, 2.75) is 62.1 Å². The van der Waals surface area contributed by atoms with E-state index in [0.717, 1.165) is 38.1 Å². The molecule has 1 amide bonds. The lowest BCUT2D eigenvalue weighted by molar-refractivity contribution is -0.130. The van der Waals surface area contributed by atoms with Crippen LogP contribution in [0.25, 0.3) is 0 Å². The van der Waals surface area contributed by atoms with E-state index >= 15 is 0 Å². The second-order valence-electron chi connectivity index (χ2n) is 7.86. The Balaban J connectivity index is 1.42. The van der Waals surface area contributed by atoms with Crippen LogP contribution in [0.4, 0.5) is 0 Å². The molecular weight excluding hydrogens is 278 g/mol. The van der Waals surface area contributed by atoms with Crippen LogP contribution in [-0.2, 0) is 9.53 Å². The number of hydrogen-bond acceptors (Lipinski definition) is 4. The summed E-state index contributed by atoms with van der Waals surface area (Å²) in [4.78, 5) is 14.2. The number of nitriles is 1. The van der Waals surface area contributed by atoms with Gasteiger partial charge in [-0.15, -0.1) is 0 Å². The van der Waals surface area contributed by atoms with Gasteiger partial charge in [-0.1, -0.05) is 0 Å². The number of likely N-dealkylation sites (tertiary alicyclic amines) is 1. The Morgan fingerprint density at radius 2 is 2.32 bits per heavy atom. The summed E-state index contributed by atoms with van der Waals surface area (Å²) in [5, 5.41) is 12.8. The number of carbonyl (C=O) groups is 1. The summed E-state index contributed by atoms with van der Waals surface area (Å²) in [7, 11) is 1.84. The van der Waals surface area contributed by atoms with Crippen LogP contribution < -0.4 is 5.32 Å². The minimum atomic E-state index is -0.214. The summed E-state index contributed by atoms with van der Waals surface area (Å²) in [5.41, 5.74) is 0.168. The van der Waals surface area contributed by atoms with Gasteiger partial charge in [0.25, 0.3) is 0 Å². The Morgan fingerprint density at radius 1 is 1.45 bits per heavy atom. The van der Waals surface area contributed by atoms with Crippen LogP contribution >= 0.6 is 0 Å². The van der Waals surface area contributed by atoms with Crippen molar-refractivity contribution in [3.63, 3.8) is 0 Å². The standard InChI is InChI=1S/C17H25N3O2/c1-22-16-6-12-5-13(8-16)17(7-12,11-16)19-10-15(21)20-4-2-3-14(20)9-18/h12-14,19H,2-8,10-11H2,1H3/t12?,13?,14-,16?,17?/m0/s1. The molecule has 0 aromatic heterocycles. The van der Waals surface area contributed by atoms with E-state index < -0.39 is 0 Å². The van der Waals surface area contributed by atoms with Crippen LogP contribution in [-0.4, -0.2) is 48.2 Å². The van der Waals surface area contributed by atoms with Crippen molar-refractivity contribution in [2.24, 2.45) is 11.8 Å². The summed E-state index contributed by atoms with van der Waals surface area (Å²) >= 11 is 0. The minimum absolute atomic E-state index is 0.0602. The Morgan fingerprint density at radius 3 is 3.09 bits per heavy atom. The van der Waals surface area contributed by atoms with Gasteiger partial charge >= 0.3 is 0 Å². The lowest BCUT2D eigenvalue weighted by Crippen LogP contribution is -2.53. The third-order valence-corrected chi connectivity index (χ3v) is 6.72. The summed E-state index contributed by atoms with van der Waals surface area (Å²) < 4.78 is 5.86. The monoisotopic (exact) mass is 303 g/mol. The molecule has 0 radical (unpaired) electrons. The van der Waals surface area contributed by atoms with Crippen LogP contribution in [0.15, 0.2) is 0 Å². The number of amides is 1. The number of hydrogen-bond donors (Lipinski definition) is 1. The topological polar surface area (TPSA) is 65.4 Å². The van der Waals surface area contributed by atoms with Gasteiger partial charge in [-0.05, 0) is 56.8 Å². The molecule has 0 spiro atoms. The van der Waals surface area contributed by atoms with Crippen LogP contribution in [0, 0.1) is 23.2 Å². The maximum absolute atomic E-state index is 12.5. The van der Waals surface area contributed by atoms with E-state index in [-0.39, 0.29) is 23.1 Å². The fraction of sp³-hybridized carbons (Fsp3) is 0.882. The molecule has 22 heavy (non-hydrogen) atoms. The van der Waals surface area contributed by atoms with Gasteiger partial charge < -0.3 is 15.0 Å². The lowest BCUT2D eigenvalue weighted by atomic mass is 9.77. The Labute approximate surface area is 132 Å². The first-order valence-corrected chi connectivity index (χ1v) is 8.59. The molecule has 0 aromatic carbocycles. The molecule has 120 valence electrons. The van der Waals surface area contributed by atoms with Crippen molar-refractivity contribution in [2.75, 3.05) is 20.2 Å². The van der Waals surface area contributed by atoms with Gasteiger partial charge in [0, 0.05) is 19.2 Å². The number of nitrogens with zero attached hydrogens (tertiary/aromatic N) is 2. The number of ether oxygens (including phenoxy) is 1. The molecule has 4 saturated carbocycles. The third-order valence-electron chi connectivity index (χ3n) is 6.72. The molecule has 5 nitrogen and oxygen atoms in total. The molecule has 5 atom stereocenters. The van der Waals surface area contributed by atoms with Gasteiger partial charge in [0.2, 0.25) is 5.91 Å². The quantitative estimate of drug-likeness (QED) is 0.853.